The zero-order valence-electron chi connectivity index (χ0n) is 11.8. The van der Waals surface area contributed by atoms with Crippen LogP contribution < -0.4 is 5.32 Å². The highest BCUT2D eigenvalue weighted by Crippen LogP contribution is 2.24. The van der Waals surface area contributed by atoms with Gasteiger partial charge in [-0.2, -0.15) is 0 Å². The molecule has 1 aromatic carbocycles. The maximum atomic E-state index is 11.9. The average molecular weight is 276 g/mol. The molecule has 2 N–H and O–H groups in total. The summed E-state index contributed by atoms with van der Waals surface area (Å²) in [6.45, 7) is 4.24. The fraction of sp³-hybridized carbons (Fsp3) is 0.467. The summed E-state index contributed by atoms with van der Waals surface area (Å²) < 4.78 is 0. The summed E-state index contributed by atoms with van der Waals surface area (Å²) in [7, 11) is 0. The Labute approximate surface area is 118 Å². The Hall–Kier alpha value is -1.88. The smallest absolute Gasteiger partial charge is 0.223 e. The Morgan fingerprint density at radius 1 is 1.35 bits per heavy atom. The maximum Gasteiger partial charge on any atom is 0.223 e. The number of rotatable bonds is 4. The number of aliphatic hydroxyl groups is 1. The minimum absolute atomic E-state index is 0.00188. The molecule has 1 unspecified atom stereocenters. The molecule has 1 aliphatic heterocycles. The molecule has 5 heteroatoms. The van der Waals surface area contributed by atoms with E-state index in [0.717, 1.165) is 0 Å². The van der Waals surface area contributed by atoms with E-state index < -0.39 is 5.60 Å². The molecule has 2 amide bonds. The predicted molar refractivity (Wildman–Crippen MR) is 74.8 cm³/mol. The molecule has 0 radical (unpaired) electrons. The van der Waals surface area contributed by atoms with Gasteiger partial charge in [-0.1, -0.05) is 30.3 Å². The van der Waals surface area contributed by atoms with Crippen molar-refractivity contribution in [3.8, 4) is 0 Å². The van der Waals surface area contributed by atoms with Crippen LogP contribution in [-0.2, 0) is 15.2 Å². The molecule has 1 heterocycles. The number of nitrogens with one attached hydrogen (secondary N) is 1. The van der Waals surface area contributed by atoms with Crippen LogP contribution in [0.15, 0.2) is 30.3 Å². The number of likely N-dealkylation sites (tertiary alicyclic amines) is 1. The van der Waals surface area contributed by atoms with Crippen molar-refractivity contribution in [3.05, 3.63) is 35.9 Å². The Balaban J connectivity index is 1.84. The Kier molecular flexibility index (Phi) is 4.09. The summed E-state index contributed by atoms with van der Waals surface area (Å²) in [6.07, 6.45) is 0.00752. The van der Waals surface area contributed by atoms with Crippen LogP contribution in [0.1, 0.15) is 25.8 Å². The summed E-state index contributed by atoms with van der Waals surface area (Å²) in [4.78, 5) is 24.6. The van der Waals surface area contributed by atoms with E-state index in [4.69, 9.17) is 0 Å². The lowest BCUT2D eigenvalue weighted by molar-refractivity contribution is -0.137. The monoisotopic (exact) mass is 276 g/mol. The van der Waals surface area contributed by atoms with Crippen LogP contribution >= 0.6 is 0 Å². The normalized spacial score (nSPS) is 18.1. The first-order valence-electron chi connectivity index (χ1n) is 6.71. The maximum absolute atomic E-state index is 11.9. The molecule has 0 spiro atoms. The van der Waals surface area contributed by atoms with E-state index in [1.54, 1.807) is 24.0 Å². The van der Waals surface area contributed by atoms with Crippen molar-refractivity contribution in [2.24, 2.45) is 0 Å². The minimum Gasteiger partial charge on any atom is -0.385 e. The largest absolute Gasteiger partial charge is 0.385 e. The van der Waals surface area contributed by atoms with Crippen LogP contribution in [0.3, 0.4) is 0 Å². The van der Waals surface area contributed by atoms with Gasteiger partial charge in [0.2, 0.25) is 11.8 Å². The number of hydrogen-bond acceptors (Lipinski definition) is 3. The summed E-state index contributed by atoms with van der Waals surface area (Å²) in [5.41, 5.74) is -0.468. The standard InChI is InChI=1S/C15H20N2O3/c1-11(18)17-9-13(10-17)16-14(19)8-15(2,20)12-6-4-3-5-7-12/h3-7,13,20H,8-10H2,1-2H3,(H,16,19). The fourth-order valence-electron chi connectivity index (χ4n) is 2.32. The number of nitrogens with zero attached hydrogens (tertiary/aromatic N) is 1. The Morgan fingerprint density at radius 2 is 1.95 bits per heavy atom. The number of hydrogen-bond donors (Lipinski definition) is 2. The molecule has 108 valence electrons. The number of carbonyl (C=O) groups is 2. The third-order valence-electron chi connectivity index (χ3n) is 3.59. The van der Waals surface area contributed by atoms with E-state index in [-0.39, 0.29) is 24.3 Å². The van der Waals surface area contributed by atoms with E-state index in [9.17, 15) is 14.7 Å². The summed E-state index contributed by atoms with van der Waals surface area (Å²) in [5, 5.41) is 13.2. The van der Waals surface area contributed by atoms with Gasteiger partial charge in [0.15, 0.2) is 0 Å². The van der Waals surface area contributed by atoms with Crippen molar-refractivity contribution < 1.29 is 14.7 Å². The topological polar surface area (TPSA) is 69.6 Å². The molecular formula is C15H20N2O3. The van der Waals surface area contributed by atoms with Crippen LogP contribution in [-0.4, -0.2) is 41.0 Å². The van der Waals surface area contributed by atoms with Crippen LogP contribution in [0.2, 0.25) is 0 Å². The zero-order valence-corrected chi connectivity index (χ0v) is 11.8. The second-order valence-electron chi connectivity index (χ2n) is 5.51. The van der Waals surface area contributed by atoms with E-state index in [1.165, 1.54) is 6.92 Å². The van der Waals surface area contributed by atoms with Crippen LogP contribution in [0.5, 0.6) is 0 Å². The van der Waals surface area contributed by atoms with Gasteiger partial charge in [0.1, 0.15) is 0 Å². The average Bonchev–Trinajstić information content (AvgIpc) is 2.33. The second kappa shape index (κ2) is 5.63. The van der Waals surface area contributed by atoms with Crippen molar-refractivity contribution in [1.82, 2.24) is 10.2 Å². The van der Waals surface area contributed by atoms with Gasteiger partial charge in [-0.05, 0) is 12.5 Å². The van der Waals surface area contributed by atoms with Gasteiger partial charge in [0.25, 0.3) is 0 Å². The fourth-order valence-corrected chi connectivity index (χ4v) is 2.32. The first-order valence-corrected chi connectivity index (χ1v) is 6.71. The van der Waals surface area contributed by atoms with Crippen LogP contribution in [0.4, 0.5) is 0 Å². The summed E-state index contributed by atoms with van der Waals surface area (Å²) in [6, 6.07) is 9.13. The van der Waals surface area contributed by atoms with Crippen LogP contribution in [0.25, 0.3) is 0 Å². The first kappa shape index (κ1) is 14.5. The summed E-state index contributed by atoms with van der Waals surface area (Å²) in [5.74, 6) is -0.182. The quantitative estimate of drug-likeness (QED) is 0.847. The van der Waals surface area contributed by atoms with Crippen LogP contribution in [0, 0.1) is 0 Å². The van der Waals surface area contributed by atoms with Gasteiger partial charge >= 0.3 is 0 Å². The van der Waals surface area contributed by atoms with Crippen molar-refractivity contribution in [2.75, 3.05) is 13.1 Å². The van der Waals surface area contributed by atoms with Gasteiger partial charge in [0.05, 0.1) is 18.1 Å². The molecule has 1 saturated heterocycles. The molecule has 2 rings (SSSR count). The molecule has 1 aromatic rings. The lowest BCUT2D eigenvalue weighted by Crippen LogP contribution is -2.60. The van der Waals surface area contributed by atoms with Crippen molar-refractivity contribution >= 4 is 11.8 Å². The number of benzene rings is 1. The third kappa shape index (κ3) is 3.36. The van der Waals surface area contributed by atoms with Crippen molar-refractivity contribution in [1.29, 1.82) is 0 Å². The highest BCUT2D eigenvalue weighted by atomic mass is 16.3. The highest BCUT2D eigenvalue weighted by molar-refractivity contribution is 5.79. The van der Waals surface area contributed by atoms with Gasteiger partial charge in [-0.3, -0.25) is 9.59 Å². The predicted octanol–water partition coefficient (Wildman–Crippen LogP) is 0.631. The minimum atomic E-state index is -1.19. The van der Waals surface area contributed by atoms with Gasteiger partial charge in [0, 0.05) is 20.0 Å². The van der Waals surface area contributed by atoms with E-state index in [1.807, 2.05) is 18.2 Å². The van der Waals surface area contributed by atoms with Gasteiger partial charge < -0.3 is 15.3 Å². The molecule has 1 fully saturated rings. The molecule has 0 saturated carbocycles. The molecule has 0 aliphatic carbocycles. The molecule has 0 aromatic heterocycles. The van der Waals surface area contributed by atoms with Gasteiger partial charge in [-0.15, -0.1) is 0 Å². The van der Waals surface area contributed by atoms with Crippen molar-refractivity contribution in [3.63, 3.8) is 0 Å². The SMILES string of the molecule is CC(=O)N1CC(NC(=O)CC(C)(O)c2ccccc2)C1. The Morgan fingerprint density at radius 3 is 2.50 bits per heavy atom. The highest BCUT2D eigenvalue weighted by Gasteiger charge is 2.32. The molecule has 5 nitrogen and oxygen atoms in total. The molecule has 1 aliphatic rings. The molecule has 1 atom stereocenters. The lowest BCUT2D eigenvalue weighted by atomic mass is 9.92. The van der Waals surface area contributed by atoms with E-state index >= 15 is 0 Å². The zero-order chi connectivity index (χ0) is 14.8. The molecule has 0 bridgehead atoms. The number of amides is 2. The summed E-state index contributed by atoms with van der Waals surface area (Å²) >= 11 is 0. The number of carbonyl (C=O) groups excluding carboxylic acids is 2. The Bertz CT molecular complexity index is 493. The van der Waals surface area contributed by atoms with Gasteiger partial charge in [-0.25, -0.2) is 0 Å². The first-order chi connectivity index (χ1) is 9.38. The molecule has 20 heavy (non-hydrogen) atoms. The van der Waals surface area contributed by atoms with Crippen molar-refractivity contribution in [2.45, 2.75) is 31.9 Å². The van der Waals surface area contributed by atoms with E-state index in [0.29, 0.717) is 18.7 Å². The van der Waals surface area contributed by atoms with E-state index in [2.05, 4.69) is 5.32 Å². The second-order valence-corrected chi connectivity index (χ2v) is 5.51. The molecular weight excluding hydrogens is 256 g/mol. The lowest BCUT2D eigenvalue weighted by Gasteiger charge is -2.39. The third-order valence-corrected chi connectivity index (χ3v) is 3.59.